The highest BCUT2D eigenvalue weighted by molar-refractivity contribution is 5.74. The van der Waals surface area contributed by atoms with Gasteiger partial charge in [-0.05, 0) is 26.7 Å². The number of carboxylic acid groups (broad SMARTS) is 1. The molecule has 4 heteroatoms. The smallest absolute Gasteiger partial charge is 0.310 e. The molecule has 1 saturated heterocycles. The molecule has 1 N–H and O–H groups in total. The summed E-state index contributed by atoms with van der Waals surface area (Å²) >= 11 is 0. The van der Waals surface area contributed by atoms with Crippen LogP contribution in [-0.2, 0) is 9.53 Å². The van der Waals surface area contributed by atoms with Crippen LogP contribution in [0.4, 0.5) is 0 Å². The lowest BCUT2D eigenvalue weighted by Gasteiger charge is -2.45. The lowest BCUT2D eigenvalue weighted by Crippen LogP contribution is -2.57. The summed E-state index contributed by atoms with van der Waals surface area (Å²) in [6.45, 7) is 11.0. The topological polar surface area (TPSA) is 49.8 Å². The van der Waals surface area contributed by atoms with Gasteiger partial charge in [-0.3, -0.25) is 9.69 Å². The van der Waals surface area contributed by atoms with Crippen molar-refractivity contribution in [3.8, 4) is 0 Å². The van der Waals surface area contributed by atoms with Gasteiger partial charge in [0.25, 0.3) is 0 Å². The zero-order valence-corrected chi connectivity index (χ0v) is 11.5. The first-order valence-electron chi connectivity index (χ1n) is 6.44. The first-order chi connectivity index (χ1) is 7.88. The van der Waals surface area contributed by atoms with Crippen LogP contribution in [0.5, 0.6) is 0 Å². The Morgan fingerprint density at radius 1 is 1.41 bits per heavy atom. The largest absolute Gasteiger partial charge is 0.481 e. The van der Waals surface area contributed by atoms with Gasteiger partial charge in [-0.2, -0.15) is 0 Å². The van der Waals surface area contributed by atoms with E-state index in [1.165, 1.54) is 0 Å². The second kappa shape index (κ2) is 5.36. The van der Waals surface area contributed by atoms with Crippen molar-refractivity contribution in [1.29, 1.82) is 0 Å². The highest BCUT2D eigenvalue weighted by Crippen LogP contribution is 2.31. The van der Waals surface area contributed by atoms with Crippen molar-refractivity contribution in [2.24, 2.45) is 5.41 Å². The van der Waals surface area contributed by atoms with Crippen molar-refractivity contribution in [3.05, 3.63) is 0 Å². The van der Waals surface area contributed by atoms with E-state index in [9.17, 15) is 9.90 Å². The first kappa shape index (κ1) is 14.5. The molecule has 0 aromatic heterocycles. The van der Waals surface area contributed by atoms with Crippen LogP contribution < -0.4 is 0 Å². The Labute approximate surface area is 104 Å². The van der Waals surface area contributed by atoms with Crippen molar-refractivity contribution in [2.75, 3.05) is 26.3 Å². The maximum atomic E-state index is 11.5. The Balaban J connectivity index is 2.82. The molecule has 4 nitrogen and oxygen atoms in total. The third-order valence-corrected chi connectivity index (χ3v) is 4.12. The van der Waals surface area contributed by atoms with E-state index >= 15 is 0 Å². The average Bonchev–Trinajstić information content (AvgIpc) is 2.27. The van der Waals surface area contributed by atoms with Crippen molar-refractivity contribution in [2.45, 2.75) is 46.1 Å². The summed E-state index contributed by atoms with van der Waals surface area (Å²) in [5.41, 5.74) is -0.683. The molecule has 0 aliphatic carbocycles. The van der Waals surface area contributed by atoms with Gasteiger partial charge in [0.15, 0.2) is 0 Å². The summed E-state index contributed by atoms with van der Waals surface area (Å²) in [4.78, 5) is 13.8. The number of morpholine rings is 1. The van der Waals surface area contributed by atoms with Crippen LogP contribution in [-0.4, -0.2) is 47.8 Å². The second-order valence-electron chi connectivity index (χ2n) is 5.58. The number of aliphatic carboxylic acids is 1. The molecule has 1 fully saturated rings. The van der Waals surface area contributed by atoms with Crippen LogP contribution in [0, 0.1) is 5.41 Å². The predicted molar refractivity (Wildman–Crippen MR) is 67.1 cm³/mol. The van der Waals surface area contributed by atoms with Crippen LogP contribution in [0.2, 0.25) is 0 Å². The van der Waals surface area contributed by atoms with Gasteiger partial charge in [0.05, 0.1) is 18.6 Å². The van der Waals surface area contributed by atoms with E-state index in [0.717, 1.165) is 6.54 Å². The molecule has 17 heavy (non-hydrogen) atoms. The minimum absolute atomic E-state index is 0.0662. The number of hydrogen-bond acceptors (Lipinski definition) is 3. The van der Waals surface area contributed by atoms with Gasteiger partial charge in [0, 0.05) is 18.6 Å². The Bertz CT molecular complexity index is 272. The quantitative estimate of drug-likeness (QED) is 0.802. The van der Waals surface area contributed by atoms with Crippen LogP contribution in [0.25, 0.3) is 0 Å². The molecule has 0 bridgehead atoms. The first-order valence-corrected chi connectivity index (χ1v) is 6.44. The van der Waals surface area contributed by atoms with Crippen molar-refractivity contribution >= 4 is 5.97 Å². The summed E-state index contributed by atoms with van der Waals surface area (Å²) in [7, 11) is 0. The van der Waals surface area contributed by atoms with Crippen LogP contribution >= 0.6 is 0 Å². The number of rotatable bonds is 5. The van der Waals surface area contributed by atoms with Gasteiger partial charge in [0.2, 0.25) is 0 Å². The van der Waals surface area contributed by atoms with E-state index in [-0.39, 0.29) is 5.54 Å². The molecular weight excluding hydrogens is 218 g/mol. The lowest BCUT2D eigenvalue weighted by molar-refractivity contribution is -0.154. The molecule has 0 aromatic carbocycles. The van der Waals surface area contributed by atoms with Crippen molar-refractivity contribution < 1.29 is 14.6 Å². The molecule has 0 atom stereocenters. The van der Waals surface area contributed by atoms with Gasteiger partial charge in [-0.15, -0.1) is 0 Å². The normalized spacial score (nSPS) is 21.4. The van der Waals surface area contributed by atoms with E-state index in [2.05, 4.69) is 18.7 Å². The summed E-state index contributed by atoms with van der Waals surface area (Å²) < 4.78 is 5.47. The molecule has 0 saturated carbocycles. The molecule has 1 aliphatic rings. The van der Waals surface area contributed by atoms with Crippen LogP contribution in [0.1, 0.15) is 40.5 Å². The van der Waals surface area contributed by atoms with Crippen molar-refractivity contribution in [3.63, 3.8) is 0 Å². The third-order valence-electron chi connectivity index (χ3n) is 4.12. The van der Waals surface area contributed by atoms with Gasteiger partial charge >= 0.3 is 5.97 Å². The number of ether oxygens (including phenoxy) is 1. The molecule has 100 valence electrons. The molecule has 0 aromatic rings. The Hall–Kier alpha value is -0.610. The molecule has 0 radical (unpaired) electrons. The summed E-state index contributed by atoms with van der Waals surface area (Å²) in [6, 6.07) is 0. The zero-order chi connectivity index (χ0) is 13.1. The number of hydrogen-bond donors (Lipinski definition) is 1. The molecule has 0 amide bonds. The maximum Gasteiger partial charge on any atom is 0.310 e. The highest BCUT2D eigenvalue weighted by atomic mass is 16.5. The van der Waals surface area contributed by atoms with Crippen LogP contribution in [0.15, 0.2) is 0 Å². The highest BCUT2D eigenvalue weighted by Gasteiger charge is 2.41. The molecule has 0 unspecified atom stereocenters. The van der Waals surface area contributed by atoms with Crippen LogP contribution in [0.3, 0.4) is 0 Å². The van der Waals surface area contributed by atoms with E-state index in [1.807, 2.05) is 13.8 Å². The number of nitrogens with zero attached hydrogens (tertiary/aromatic N) is 1. The predicted octanol–water partition coefficient (Wildman–Crippen LogP) is 1.99. The number of carbonyl (C=O) groups is 1. The Morgan fingerprint density at radius 3 is 2.41 bits per heavy atom. The van der Waals surface area contributed by atoms with Gasteiger partial charge < -0.3 is 9.84 Å². The molecule has 1 rings (SSSR count). The molecule has 0 spiro atoms. The lowest BCUT2D eigenvalue weighted by atomic mass is 9.80. The molecule has 1 heterocycles. The SMILES string of the molecule is CCC(CC)(CN1CCOCC1(C)C)C(=O)O. The van der Waals surface area contributed by atoms with E-state index in [1.54, 1.807) is 0 Å². The molecular formula is C13H25NO3. The minimum Gasteiger partial charge on any atom is -0.481 e. The minimum atomic E-state index is -0.676. The van der Waals surface area contributed by atoms with Crippen molar-refractivity contribution in [1.82, 2.24) is 4.90 Å². The van der Waals surface area contributed by atoms with E-state index in [0.29, 0.717) is 32.6 Å². The van der Waals surface area contributed by atoms with Gasteiger partial charge in [0.1, 0.15) is 0 Å². The average molecular weight is 243 g/mol. The monoisotopic (exact) mass is 243 g/mol. The Morgan fingerprint density at radius 2 is 2.00 bits per heavy atom. The fraction of sp³-hybridized carbons (Fsp3) is 0.923. The fourth-order valence-corrected chi connectivity index (χ4v) is 2.39. The maximum absolute atomic E-state index is 11.5. The summed E-state index contributed by atoms with van der Waals surface area (Å²) in [6.07, 6.45) is 1.35. The second-order valence-corrected chi connectivity index (χ2v) is 5.58. The standard InChI is InChI=1S/C13H25NO3/c1-5-13(6-2,11(15)16)9-14-7-8-17-10-12(14,3)4/h5-10H2,1-4H3,(H,15,16). The summed E-state index contributed by atoms with van der Waals surface area (Å²) in [5.74, 6) is -0.676. The fourth-order valence-electron chi connectivity index (χ4n) is 2.39. The third kappa shape index (κ3) is 2.99. The van der Waals surface area contributed by atoms with Gasteiger partial charge in [-0.25, -0.2) is 0 Å². The van der Waals surface area contributed by atoms with Gasteiger partial charge in [-0.1, -0.05) is 13.8 Å². The van der Waals surface area contributed by atoms with E-state index in [4.69, 9.17) is 4.74 Å². The summed E-state index contributed by atoms with van der Waals surface area (Å²) in [5, 5.41) is 9.47. The Kier molecular flexibility index (Phi) is 4.55. The number of carboxylic acids is 1. The van der Waals surface area contributed by atoms with E-state index < -0.39 is 11.4 Å². The zero-order valence-electron chi connectivity index (χ0n) is 11.5. The molecule has 1 aliphatic heterocycles.